The van der Waals surface area contributed by atoms with Crippen LogP contribution in [0.4, 0.5) is 5.69 Å². The third-order valence-corrected chi connectivity index (χ3v) is 3.35. The third kappa shape index (κ3) is 2.61. The summed E-state index contributed by atoms with van der Waals surface area (Å²) < 4.78 is 0. The van der Waals surface area contributed by atoms with Gasteiger partial charge in [-0.1, -0.05) is 0 Å². The molecule has 94 valence electrons. The minimum absolute atomic E-state index is 0.0493. The van der Waals surface area contributed by atoms with E-state index in [0.717, 1.165) is 25.9 Å². The van der Waals surface area contributed by atoms with Crippen molar-refractivity contribution in [3.05, 3.63) is 18.0 Å². The second kappa shape index (κ2) is 4.79. The number of amides is 1. The van der Waals surface area contributed by atoms with Crippen LogP contribution in [0.3, 0.4) is 0 Å². The van der Waals surface area contributed by atoms with E-state index >= 15 is 0 Å². The van der Waals surface area contributed by atoms with Crippen LogP contribution in [-0.4, -0.2) is 53.9 Å². The molecule has 1 aromatic rings. The molecule has 1 aliphatic heterocycles. The number of carbonyl (C=O) groups excluding carboxylic acids is 1. The quantitative estimate of drug-likeness (QED) is 0.797. The molecule has 0 radical (unpaired) electrons. The highest BCUT2D eigenvalue weighted by Crippen LogP contribution is 2.16. The summed E-state index contributed by atoms with van der Waals surface area (Å²) in [6.07, 6.45) is 3.87. The molecule has 1 atom stereocenters. The van der Waals surface area contributed by atoms with Crippen LogP contribution in [0.25, 0.3) is 0 Å². The maximum absolute atomic E-state index is 12.2. The predicted molar refractivity (Wildman–Crippen MR) is 67.8 cm³/mol. The molecule has 0 aromatic carbocycles. The van der Waals surface area contributed by atoms with Gasteiger partial charge in [-0.05, 0) is 33.0 Å². The van der Waals surface area contributed by atoms with Crippen LogP contribution in [0.5, 0.6) is 0 Å². The molecule has 3 N–H and O–H groups in total. The molecule has 17 heavy (non-hydrogen) atoms. The Morgan fingerprint density at radius 1 is 1.59 bits per heavy atom. The number of aromatic amines is 1. The van der Waals surface area contributed by atoms with Gasteiger partial charge in [0.05, 0.1) is 0 Å². The fraction of sp³-hybridized carbons (Fsp3) is 0.583. The van der Waals surface area contributed by atoms with Gasteiger partial charge in [0.15, 0.2) is 0 Å². The molecule has 0 saturated carbocycles. The summed E-state index contributed by atoms with van der Waals surface area (Å²) in [5.74, 6) is 0.0493. The van der Waals surface area contributed by atoms with E-state index in [2.05, 4.69) is 24.0 Å². The number of anilines is 1. The van der Waals surface area contributed by atoms with Crippen molar-refractivity contribution in [2.24, 2.45) is 0 Å². The van der Waals surface area contributed by atoms with Gasteiger partial charge in [0.2, 0.25) is 0 Å². The van der Waals surface area contributed by atoms with Crippen LogP contribution < -0.4 is 5.73 Å². The minimum Gasteiger partial charge on any atom is -0.397 e. The molecule has 1 amide bonds. The molecule has 2 rings (SSSR count). The topological polar surface area (TPSA) is 65.4 Å². The number of nitrogens with one attached hydrogen (secondary N) is 1. The van der Waals surface area contributed by atoms with Gasteiger partial charge in [-0.3, -0.25) is 4.79 Å². The van der Waals surface area contributed by atoms with E-state index in [1.54, 1.807) is 12.3 Å². The Morgan fingerprint density at radius 2 is 2.35 bits per heavy atom. The number of nitrogen functional groups attached to an aromatic ring is 1. The first-order valence-corrected chi connectivity index (χ1v) is 5.97. The summed E-state index contributed by atoms with van der Waals surface area (Å²) in [6, 6.07) is 2.15. The van der Waals surface area contributed by atoms with E-state index in [4.69, 9.17) is 5.73 Å². The van der Waals surface area contributed by atoms with E-state index in [-0.39, 0.29) is 5.91 Å². The zero-order valence-corrected chi connectivity index (χ0v) is 10.4. The summed E-state index contributed by atoms with van der Waals surface area (Å²) in [7, 11) is 4.12. The average Bonchev–Trinajstić information content (AvgIpc) is 2.75. The van der Waals surface area contributed by atoms with Crippen molar-refractivity contribution in [2.75, 3.05) is 32.9 Å². The predicted octanol–water partition coefficient (Wildman–Crippen LogP) is 0.763. The van der Waals surface area contributed by atoms with Crippen LogP contribution >= 0.6 is 0 Å². The van der Waals surface area contributed by atoms with E-state index in [1.165, 1.54) is 0 Å². The van der Waals surface area contributed by atoms with Gasteiger partial charge in [-0.15, -0.1) is 0 Å². The molecule has 1 aliphatic rings. The Bertz CT molecular complexity index is 399. The van der Waals surface area contributed by atoms with Gasteiger partial charge in [-0.25, -0.2) is 0 Å². The van der Waals surface area contributed by atoms with E-state index in [9.17, 15) is 4.79 Å². The number of hydrogen-bond donors (Lipinski definition) is 2. The van der Waals surface area contributed by atoms with Gasteiger partial charge in [0.1, 0.15) is 5.69 Å². The smallest absolute Gasteiger partial charge is 0.270 e. The van der Waals surface area contributed by atoms with Crippen LogP contribution in [-0.2, 0) is 0 Å². The summed E-state index contributed by atoms with van der Waals surface area (Å²) in [4.78, 5) is 19.2. The van der Waals surface area contributed by atoms with Crippen molar-refractivity contribution in [3.8, 4) is 0 Å². The van der Waals surface area contributed by atoms with Gasteiger partial charge in [0, 0.05) is 31.0 Å². The molecular weight excluding hydrogens is 216 g/mol. The van der Waals surface area contributed by atoms with Gasteiger partial charge in [0.25, 0.3) is 5.91 Å². The molecule has 1 saturated heterocycles. The number of aromatic nitrogens is 1. The Morgan fingerprint density at radius 3 is 2.94 bits per heavy atom. The normalized spacial score (nSPS) is 20.9. The Labute approximate surface area is 102 Å². The zero-order valence-electron chi connectivity index (χ0n) is 10.4. The van der Waals surface area contributed by atoms with Crippen molar-refractivity contribution >= 4 is 11.6 Å². The number of hydrogen-bond acceptors (Lipinski definition) is 3. The molecule has 0 aliphatic carbocycles. The van der Waals surface area contributed by atoms with Gasteiger partial charge >= 0.3 is 0 Å². The minimum atomic E-state index is 0.0493. The van der Waals surface area contributed by atoms with Crippen LogP contribution in [0, 0.1) is 0 Å². The van der Waals surface area contributed by atoms with Gasteiger partial charge < -0.3 is 20.5 Å². The largest absolute Gasteiger partial charge is 0.397 e. The van der Waals surface area contributed by atoms with Crippen molar-refractivity contribution in [3.63, 3.8) is 0 Å². The molecule has 1 fully saturated rings. The van der Waals surface area contributed by atoms with Crippen LogP contribution in [0.2, 0.25) is 0 Å². The van der Waals surface area contributed by atoms with E-state index in [0.29, 0.717) is 17.4 Å². The SMILES string of the molecule is CN(C)C1CCCN(C(=O)c2cc(N)c[nH]2)C1. The highest BCUT2D eigenvalue weighted by Gasteiger charge is 2.26. The standard InChI is InChI=1S/C12H20N4O/c1-15(2)10-4-3-5-16(8-10)12(17)11-6-9(13)7-14-11/h6-7,10,14H,3-5,8,13H2,1-2H3. The third-order valence-electron chi connectivity index (χ3n) is 3.35. The van der Waals surface area contributed by atoms with Crippen molar-refractivity contribution in [1.82, 2.24) is 14.8 Å². The number of H-pyrrole nitrogens is 1. The lowest BCUT2D eigenvalue weighted by molar-refractivity contribution is 0.0630. The zero-order chi connectivity index (χ0) is 12.4. The first-order chi connectivity index (χ1) is 8.08. The monoisotopic (exact) mass is 236 g/mol. The van der Waals surface area contributed by atoms with Crippen molar-refractivity contribution < 1.29 is 4.79 Å². The Kier molecular flexibility index (Phi) is 3.38. The summed E-state index contributed by atoms with van der Waals surface area (Å²) >= 11 is 0. The molecule has 1 unspecified atom stereocenters. The van der Waals surface area contributed by atoms with Crippen LogP contribution in [0.1, 0.15) is 23.3 Å². The molecule has 5 heteroatoms. The number of nitrogens with zero attached hydrogens (tertiary/aromatic N) is 2. The number of likely N-dealkylation sites (tertiary alicyclic amines) is 1. The fourth-order valence-corrected chi connectivity index (χ4v) is 2.27. The maximum Gasteiger partial charge on any atom is 0.270 e. The second-order valence-corrected chi connectivity index (χ2v) is 4.86. The molecule has 1 aromatic heterocycles. The first kappa shape index (κ1) is 12.0. The Hall–Kier alpha value is -1.49. The average molecular weight is 236 g/mol. The molecule has 0 spiro atoms. The maximum atomic E-state index is 12.2. The number of rotatable bonds is 2. The molecule has 5 nitrogen and oxygen atoms in total. The molecule has 2 heterocycles. The number of piperidine rings is 1. The Balaban J connectivity index is 2.04. The highest BCUT2D eigenvalue weighted by molar-refractivity contribution is 5.93. The lowest BCUT2D eigenvalue weighted by Crippen LogP contribution is -2.47. The lowest BCUT2D eigenvalue weighted by atomic mass is 10.0. The molecular formula is C12H20N4O. The number of nitrogens with two attached hydrogens (primary N) is 1. The second-order valence-electron chi connectivity index (χ2n) is 4.86. The van der Waals surface area contributed by atoms with E-state index < -0.39 is 0 Å². The fourth-order valence-electron chi connectivity index (χ4n) is 2.27. The van der Waals surface area contributed by atoms with Gasteiger partial charge in [-0.2, -0.15) is 0 Å². The van der Waals surface area contributed by atoms with E-state index in [1.807, 2.05) is 4.90 Å². The van der Waals surface area contributed by atoms with Crippen LogP contribution in [0.15, 0.2) is 12.3 Å². The summed E-state index contributed by atoms with van der Waals surface area (Å²) in [5.41, 5.74) is 6.80. The number of likely N-dealkylation sites (N-methyl/N-ethyl adjacent to an activating group) is 1. The summed E-state index contributed by atoms with van der Waals surface area (Å²) in [5, 5.41) is 0. The lowest BCUT2D eigenvalue weighted by Gasteiger charge is -2.35. The molecule has 0 bridgehead atoms. The van der Waals surface area contributed by atoms with Crippen molar-refractivity contribution in [1.29, 1.82) is 0 Å². The van der Waals surface area contributed by atoms with Crippen molar-refractivity contribution in [2.45, 2.75) is 18.9 Å². The highest BCUT2D eigenvalue weighted by atomic mass is 16.2. The first-order valence-electron chi connectivity index (χ1n) is 5.97. The number of carbonyl (C=O) groups is 1. The summed E-state index contributed by atoms with van der Waals surface area (Å²) in [6.45, 7) is 1.63.